The maximum absolute atomic E-state index is 12.5. The van der Waals surface area contributed by atoms with Crippen LogP contribution in [-0.2, 0) is 6.54 Å². The first kappa shape index (κ1) is 18.6. The van der Waals surface area contributed by atoms with Crippen LogP contribution in [0.1, 0.15) is 16.1 Å². The van der Waals surface area contributed by atoms with Gasteiger partial charge in [0.05, 0.1) is 5.39 Å². The number of aromatic amines is 1. The molecule has 27 heavy (non-hydrogen) atoms. The van der Waals surface area contributed by atoms with Crippen LogP contribution in [0.15, 0.2) is 53.3 Å². The number of aromatic nitrogens is 2. The number of fused-ring (bicyclic) bond motifs is 1. The second-order valence-electron chi connectivity index (χ2n) is 6.43. The third-order valence-corrected chi connectivity index (χ3v) is 4.09. The van der Waals surface area contributed by atoms with Gasteiger partial charge < -0.3 is 15.0 Å². The van der Waals surface area contributed by atoms with E-state index in [-0.39, 0.29) is 17.2 Å². The fourth-order valence-electron chi connectivity index (χ4n) is 2.60. The molecule has 1 amide bonds. The third-order valence-electron chi connectivity index (χ3n) is 4.09. The van der Waals surface area contributed by atoms with E-state index in [0.29, 0.717) is 23.9 Å². The number of nitrogens with one attached hydrogen (secondary N) is 2. The van der Waals surface area contributed by atoms with E-state index < -0.39 is 0 Å². The zero-order valence-electron chi connectivity index (χ0n) is 15.4. The molecule has 2 N–H and O–H groups in total. The predicted octanol–water partition coefficient (Wildman–Crippen LogP) is 1.79. The molecule has 0 spiro atoms. The lowest BCUT2D eigenvalue weighted by Gasteiger charge is -2.11. The summed E-state index contributed by atoms with van der Waals surface area (Å²) in [7, 11) is 3.99. The zero-order chi connectivity index (χ0) is 19.2. The summed E-state index contributed by atoms with van der Waals surface area (Å²) in [5.74, 6) is 0.453. The molecule has 0 saturated heterocycles. The molecule has 0 radical (unpaired) electrons. The molecule has 0 unspecified atom stereocenters. The number of carbonyl (C=O) groups is 1. The normalized spacial score (nSPS) is 10.9. The van der Waals surface area contributed by atoms with Crippen molar-refractivity contribution in [2.24, 2.45) is 0 Å². The van der Waals surface area contributed by atoms with Gasteiger partial charge in [0.1, 0.15) is 12.4 Å². The maximum Gasteiger partial charge on any atom is 0.272 e. The third kappa shape index (κ3) is 4.71. The predicted molar refractivity (Wildman–Crippen MR) is 104 cm³/mol. The molecule has 0 atom stereocenters. The highest BCUT2D eigenvalue weighted by molar-refractivity contribution is 6.04. The molecule has 0 aliphatic carbocycles. The summed E-state index contributed by atoms with van der Waals surface area (Å²) >= 11 is 0. The summed E-state index contributed by atoms with van der Waals surface area (Å²) in [6, 6.07) is 14.5. The van der Waals surface area contributed by atoms with Crippen molar-refractivity contribution >= 4 is 16.7 Å². The van der Waals surface area contributed by atoms with E-state index in [1.807, 2.05) is 38.4 Å². The van der Waals surface area contributed by atoms with Crippen molar-refractivity contribution in [2.75, 3.05) is 27.2 Å². The monoisotopic (exact) mass is 366 g/mol. The SMILES string of the molecule is CN(C)CCOc1ccc(CNC(=O)c2n[nH]c(=O)c3ccccc23)cc1. The molecular weight excluding hydrogens is 344 g/mol. The van der Waals surface area contributed by atoms with Crippen LogP contribution < -0.4 is 15.6 Å². The van der Waals surface area contributed by atoms with Crippen molar-refractivity contribution in [3.63, 3.8) is 0 Å². The quantitative estimate of drug-likeness (QED) is 0.666. The first-order chi connectivity index (χ1) is 13.0. The van der Waals surface area contributed by atoms with Crippen molar-refractivity contribution in [2.45, 2.75) is 6.54 Å². The first-order valence-electron chi connectivity index (χ1n) is 8.66. The number of amides is 1. The fraction of sp³-hybridized carbons (Fsp3) is 0.250. The van der Waals surface area contributed by atoms with Gasteiger partial charge in [-0.05, 0) is 37.9 Å². The number of H-pyrrole nitrogens is 1. The number of rotatable bonds is 7. The molecular formula is C20H22N4O3. The van der Waals surface area contributed by atoms with E-state index >= 15 is 0 Å². The van der Waals surface area contributed by atoms with Gasteiger partial charge in [0.25, 0.3) is 11.5 Å². The van der Waals surface area contributed by atoms with Crippen molar-refractivity contribution in [1.29, 1.82) is 0 Å². The molecule has 1 aromatic heterocycles. The second-order valence-corrected chi connectivity index (χ2v) is 6.43. The lowest BCUT2D eigenvalue weighted by atomic mass is 10.1. The molecule has 1 heterocycles. The molecule has 7 heteroatoms. The summed E-state index contributed by atoms with van der Waals surface area (Å²) in [4.78, 5) is 26.4. The number of nitrogens with zero attached hydrogens (tertiary/aromatic N) is 2. The fourth-order valence-corrected chi connectivity index (χ4v) is 2.60. The first-order valence-corrected chi connectivity index (χ1v) is 8.66. The zero-order valence-corrected chi connectivity index (χ0v) is 15.4. The molecule has 0 saturated carbocycles. The number of benzene rings is 2. The molecule has 3 aromatic rings. The van der Waals surface area contributed by atoms with Crippen LogP contribution >= 0.6 is 0 Å². The maximum atomic E-state index is 12.5. The smallest absolute Gasteiger partial charge is 0.272 e. The van der Waals surface area contributed by atoms with Crippen molar-refractivity contribution < 1.29 is 9.53 Å². The molecule has 0 aliphatic heterocycles. The number of hydrogen-bond donors (Lipinski definition) is 2. The highest BCUT2D eigenvalue weighted by atomic mass is 16.5. The number of hydrogen-bond acceptors (Lipinski definition) is 5. The summed E-state index contributed by atoms with van der Waals surface area (Å²) in [6.07, 6.45) is 0. The molecule has 0 fully saturated rings. The summed E-state index contributed by atoms with van der Waals surface area (Å²) in [6.45, 7) is 1.82. The average molecular weight is 366 g/mol. The molecule has 7 nitrogen and oxygen atoms in total. The Hall–Kier alpha value is -3.19. The molecule has 0 bridgehead atoms. The lowest BCUT2D eigenvalue weighted by molar-refractivity contribution is 0.0946. The standard InChI is InChI=1S/C20H22N4O3/c1-24(2)11-12-27-15-9-7-14(8-10-15)13-21-20(26)18-16-5-3-4-6-17(16)19(25)23-22-18/h3-10H,11-13H2,1-2H3,(H,21,26)(H,23,25). The van der Waals surface area contributed by atoms with Crippen LogP contribution in [0, 0.1) is 0 Å². The Morgan fingerprint density at radius 1 is 1.11 bits per heavy atom. The Morgan fingerprint density at radius 3 is 2.52 bits per heavy atom. The summed E-state index contributed by atoms with van der Waals surface area (Å²) < 4.78 is 5.65. The van der Waals surface area contributed by atoms with Crippen LogP contribution in [-0.4, -0.2) is 48.3 Å². The van der Waals surface area contributed by atoms with Crippen molar-refractivity contribution in [3.05, 3.63) is 70.1 Å². The van der Waals surface area contributed by atoms with Crippen LogP contribution in [0.4, 0.5) is 0 Å². The Labute approximate surface area is 157 Å². The van der Waals surface area contributed by atoms with E-state index in [0.717, 1.165) is 17.9 Å². The van der Waals surface area contributed by atoms with E-state index in [1.165, 1.54) is 0 Å². The summed E-state index contributed by atoms with van der Waals surface area (Å²) in [5, 5.41) is 10.1. The van der Waals surface area contributed by atoms with Crippen molar-refractivity contribution in [1.82, 2.24) is 20.4 Å². The van der Waals surface area contributed by atoms with E-state index in [9.17, 15) is 9.59 Å². The average Bonchev–Trinajstić information content (AvgIpc) is 2.67. The minimum Gasteiger partial charge on any atom is -0.492 e. The molecule has 140 valence electrons. The Balaban J connectivity index is 1.63. The lowest BCUT2D eigenvalue weighted by Crippen LogP contribution is -2.26. The van der Waals surface area contributed by atoms with Gasteiger partial charge in [-0.2, -0.15) is 5.10 Å². The number of ether oxygens (including phenoxy) is 1. The van der Waals surface area contributed by atoms with E-state index in [2.05, 4.69) is 20.4 Å². The molecule has 2 aromatic carbocycles. The summed E-state index contributed by atoms with van der Waals surface area (Å²) in [5.41, 5.74) is 0.831. The van der Waals surface area contributed by atoms with Gasteiger partial charge in [-0.25, -0.2) is 5.10 Å². The minimum atomic E-state index is -0.339. The largest absolute Gasteiger partial charge is 0.492 e. The second kappa shape index (κ2) is 8.46. The van der Waals surface area contributed by atoms with Crippen LogP contribution in [0.5, 0.6) is 5.75 Å². The van der Waals surface area contributed by atoms with Crippen molar-refractivity contribution in [3.8, 4) is 5.75 Å². The van der Waals surface area contributed by atoms with E-state index in [1.54, 1.807) is 24.3 Å². The highest BCUT2D eigenvalue weighted by Crippen LogP contribution is 2.14. The molecule has 3 rings (SSSR count). The van der Waals surface area contributed by atoms with Gasteiger partial charge >= 0.3 is 0 Å². The van der Waals surface area contributed by atoms with Crippen LogP contribution in [0.2, 0.25) is 0 Å². The van der Waals surface area contributed by atoms with Gasteiger partial charge in [-0.15, -0.1) is 0 Å². The van der Waals surface area contributed by atoms with Gasteiger partial charge in [0.2, 0.25) is 0 Å². The van der Waals surface area contributed by atoms with Crippen LogP contribution in [0.25, 0.3) is 10.8 Å². The topological polar surface area (TPSA) is 87.3 Å². The Kier molecular flexibility index (Phi) is 5.83. The number of likely N-dealkylation sites (N-methyl/N-ethyl adjacent to an activating group) is 1. The van der Waals surface area contributed by atoms with Gasteiger partial charge in [-0.1, -0.05) is 30.3 Å². The van der Waals surface area contributed by atoms with Gasteiger partial charge in [-0.3, -0.25) is 9.59 Å². The molecule has 0 aliphatic rings. The van der Waals surface area contributed by atoms with E-state index in [4.69, 9.17) is 4.74 Å². The Bertz CT molecular complexity index is 980. The van der Waals surface area contributed by atoms with Gasteiger partial charge in [0, 0.05) is 18.5 Å². The van der Waals surface area contributed by atoms with Crippen LogP contribution in [0.3, 0.4) is 0 Å². The minimum absolute atomic E-state index is 0.203. The Morgan fingerprint density at radius 2 is 1.81 bits per heavy atom. The number of carbonyl (C=O) groups excluding carboxylic acids is 1. The highest BCUT2D eigenvalue weighted by Gasteiger charge is 2.13. The van der Waals surface area contributed by atoms with Gasteiger partial charge in [0.15, 0.2) is 5.69 Å².